The highest BCUT2D eigenvalue weighted by molar-refractivity contribution is 6.72. The molecule has 0 aromatic rings. The first-order valence-corrected chi connectivity index (χ1v) is 8.54. The lowest BCUT2D eigenvalue weighted by molar-refractivity contribution is 0.129. The van der Waals surface area contributed by atoms with Gasteiger partial charge in [0.2, 0.25) is 8.32 Å². The lowest BCUT2D eigenvalue weighted by atomic mass is 10.1. The maximum Gasteiger partial charge on any atom is 0.247 e. The topological polar surface area (TPSA) is 18.5 Å². The first-order valence-electron chi connectivity index (χ1n) is 5.56. The predicted molar refractivity (Wildman–Crippen MR) is 66.3 cm³/mol. The predicted octanol–water partition coefficient (Wildman–Crippen LogP) is 3.48. The molecule has 2 nitrogen and oxygen atoms in total. The third-order valence-electron chi connectivity index (χ3n) is 3.07. The van der Waals surface area contributed by atoms with Gasteiger partial charge in [-0.05, 0) is 31.1 Å². The second-order valence-corrected chi connectivity index (χ2v) is 9.35. The fourth-order valence-corrected chi connectivity index (χ4v) is 2.36. The quantitative estimate of drug-likeness (QED) is 0.540. The molecular weight excluding hydrogens is 204 g/mol. The first-order chi connectivity index (χ1) is 6.97. The van der Waals surface area contributed by atoms with Crippen molar-refractivity contribution in [3.05, 3.63) is 24.0 Å². The van der Waals surface area contributed by atoms with Gasteiger partial charge < -0.3 is 9.16 Å². The Labute approximate surface area is 94.1 Å². The Morgan fingerprint density at radius 2 is 2.07 bits per heavy atom. The van der Waals surface area contributed by atoms with Crippen LogP contribution < -0.4 is 0 Å². The van der Waals surface area contributed by atoms with Crippen LogP contribution in [-0.2, 0) is 9.16 Å². The number of ether oxygens (including phenoxy) is 1. The summed E-state index contributed by atoms with van der Waals surface area (Å²) >= 11 is 0. The van der Waals surface area contributed by atoms with Crippen LogP contribution in [0.2, 0.25) is 18.6 Å². The molecule has 0 N–H and O–H groups in total. The highest BCUT2D eigenvalue weighted by Gasteiger charge is 2.31. The summed E-state index contributed by atoms with van der Waals surface area (Å²) in [5.74, 6) is 1.00. The Hall–Kier alpha value is -0.543. The average Bonchev–Trinajstić information content (AvgIpc) is 2.18. The van der Waals surface area contributed by atoms with Gasteiger partial charge in [0, 0.05) is 7.11 Å². The minimum absolute atomic E-state index is 0.0178. The highest BCUT2D eigenvalue weighted by atomic mass is 28.4. The van der Waals surface area contributed by atoms with Gasteiger partial charge in [0.15, 0.2) is 0 Å². The fourth-order valence-electron chi connectivity index (χ4n) is 1.31. The van der Waals surface area contributed by atoms with Gasteiger partial charge >= 0.3 is 0 Å². The van der Waals surface area contributed by atoms with E-state index >= 15 is 0 Å². The molecule has 0 radical (unpaired) electrons. The molecule has 1 aliphatic carbocycles. The van der Waals surface area contributed by atoms with Crippen molar-refractivity contribution in [2.75, 3.05) is 7.11 Å². The summed E-state index contributed by atoms with van der Waals surface area (Å²) in [5.41, 5.74) is 0.613. The van der Waals surface area contributed by atoms with Crippen LogP contribution in [-0.4, -0.2) is 21.5 Å². The maximum atomic E-state index is 6.17. The van der Waals surface area contributed by atoms with Crippen LogP contribution in [0.3, 0.4) is 0 Å². The van der Waals surface area contributed by atoms with Crippen molar-refractivity contribution in [3.63, 3.8) is 0 Å². The summed E-state index contributed by atoms with van der Waals surface area (Å²) in [6.45, 7) is 8.97. The molecule has 15 heavy (non-hydrogen) atoms. The van der Waals surface area contributed by atoms with E-state index in [1.54, 1.807) is 7.11 Å². The summed E-state index contributed by atoms with van der Waals surface area (Å²) in [6, 6.07) is 0. The Morgan fingerprint density at radius 1 is 1.40 bits per heavy atom. The molecule has 0 spiro atoms. The van der Waals surface area contributed by atoms with Crippen LogP contribution in [0.15, 0.2) is 24.0 Å². The van der Waals surface area contributed by atoms with Gasteiger partial charge in [0.05, 0.1) is 0 Å². The normalized spacial score (nSPS) is 21.7. The highest BCUT2D eigenvalue weighted by Crippen LogP contribution is 2.27. The zero-order chi connectivity index (χ0) is 11.5. The van der Waals surface area contributed by atoms with Crippen molar-refractivity contribution in [2.24, 2.45) is 0 Å². The molecule has 0 saturated carbocycles. The molecule has 0 aromatic carbocycles. The third-order valence-corrected chi connectivity index (χ3v) is 6.61. The molecule has 1 unspecified atom stereocenters. The Balaban J connectivity index is 2.68. The van der Waals surface area contributed by atoms with E-state index < -0.39 is 8.32 Å². The summed E-state index contributed by atoms with van der Waals surface area (Å²) in [7, 11) is 0.115. The molecule has 0 fully saturated rings. The lowest BCUT2D eigenvalue weighted by Gasteiger charge is -2.32. The van der Waals surface area contributed by atoms with E-state index in [4.69, 9.17) is 9.16 Å². The summed E-state index contributed by atoms with van der Waals surface area (Å²) in [4.78, 5) is 0. The van der Waals surface area contributed by atoms with Crippen LogP contribution in [0.1, 0.15) is 20.3 Å². The zero-order valence-electron chi connectivity index (χ0n) is 10.4. The van der Waals surface area contributed by atoms with Gasteiger partial charge in [0.25, 0.3) is 0 Å². The molecule has 1 atom stereocenters. The third kappa shape index (κ3) is 3.21. The van der Waals surface area contributed by atoms with Gasteiger partial charge in [-0.2, -0.15) is 0 Å². The number of methoxy groups -OCH3 is 1. The molecule has 0 aliphatic heterocycles. The maximum absolute atomic E-state index is 6.17. The summed E-state index contributed by atoms with van der Waals surface area (Å²) in [6.07, 6.45) is 7.29. The van der Waals surface area contributed by atoms with E-state index in [0.29, 0.717) is 5.54 Å². The zero-order valence-corrected chi connectivity index (χ0v) is 11.4. The van der Waals surface area contributed by atoms with E-state index in [1.807, 2.05) is 0 Å². The second kappa shape index (κ2) is 4.99. The van der Waals surface area contributed by atoms with E-state index in [0.717, 1.165) is 12.2 Å². The second-order valence-electron chi connectivity index (χ2n) is 4.79. The van der Waals surface area contributed by atoms with Crippen LogP contribution in [0.4, 0.5) is 0 Å². The summed E-state index contributed by atoms with van der Waals surface area (Å²) in [5, 5.41) is 0. The molecule has 0 aromatic heterocycles. The molecule has 0 amide bonds. The number of rotatable bonds is 4. The smallest absolute Gasteiger partial charge is 0.247 e. The average molecular weight is 226 g/mol. The van der Waals surface area contributed by atoms with Crippen LogP contribution in [0.25, 0.3) is 0 Å². The molecule has 0 heterocycles. The Bertz CT molecular complexity index is 267. The first kappa shape index (κ1) is 12.5. The molecule has 86 valence electrons. The van der Waals surface area contributed by atoms with E-state index in [-0.39, 0.29) is 6.10 Å². The molecular formula is C12H22O2Si. The largest absolute Gasteiger partial charge is 0.545 e. The van der Waals surface area contributed by atoms with E-state index in [9.17, 15) is 0 Å². The van der Waals surface area contributed by atoms with Gasteiger partial charge in [-0.3, -0.25) is 0 Å². The molecule has 0 bridgehead atoms. The van der Waals surface area contributed by atoms with Gasteiger partial charge in [0.1, 0.15) is 11.9 Å². The van der Waals surface area contributed by atoms with Crippen LogP contribution >= 0.6 is 0 Å². The monoisotopic (exact) mass is 226 g/mol. The van der Waals surface area contributed by atoms with Crippen molar-refractivity contribution in [2.45, 2.75) is 45.0 Å². The Kier molecular flexibility index (Phi) is 4.17. The SMILES string of the molecule is COC1C=CCC=C1O[Si](C)(C)C(C)C. The minimum atomic E-state index is -1.61. The number of hydrogen-bond donors (Lipinski definition) is 0. The van der Waals surface area contributed by atoms with Crippen molar-refractivity contribution in [1.82, 2.24) is 0 Å². The molecule has 3 heteroatoms. The van der Waals surface area contributed by atoms with Gasteiger partial charge in [-0.1, -0.05) is 26.0 Å². The lowest BCUT2D eigenvalue weighted by Crippen LogP contribution is -2.36. The minimum Gasteiger partial charge on any atom is -0.545 e. The standard InChI is InChI=1S/C12H22O2Si/c1-10(2)15(4,5)14-12-9-7-6-8-11(12)13-3/h6,8-11H,7H2,1-5H3. The Morgan fingerprint density at radius 3 is 2.60 bits per heavy atom. The van der Waals surface area contributed by atoms with Crippen molar-refractivity contribution in [3.8, 4) is 0 Å². The number of hydrogen-bond acceptors (Lipinski definition) is 2. The summed E-state index contributed by atoms with van der Waals surface area (Å²) < 4.78 is 11.5. The fraction of sp³-hybridized carbons (Fsp3) is 0.667. The molecule has 0 saturated heterocycles. The van der Waals surface area contributed by atoms with Crippen molar-refractivity contribution >= 4 is 8.32 Å². The molecule has 1 aliphatic rings. The van der Waals surface area contributed by atoms with Crippen LogP contribution in [0.5, 0.6) is 0 Å². The number of allylic oxidation sites excluding steroid dienone is 2. The van der Waals surface area contributed by atoms with E-state index in [1.165, 1.54) is 0 Å². The van der Waals surface area contributed by atoms with Crippen LogP contribution in [0, 0.1) is 0 Å². The van der Waals surface area contributed by atoms with Gasteiger partial charge in [-0.25, -0.2) is 0 Å². The van der Waals surface area contributed by atoms with Crippen molar-refractivity contribution in [1.29, 1.82) is 0 Å². The van der Waals surface area contributed by atoms with Crippen molar-refractivity contribution < 1.29 is 9.16 Å². The van der Waals surface area contributed by atoms with E-state index in [2.05, 4.69) is 45.2 Å². The van der Waals surface area contributed by atoms with Gasteiger partial charge in [-0.15, -0.1) is 0 Å². The molecule has 1 rings (SSSR count).